The van der Waals surface area contributed by atoms with Gasteiger partial charge in [-0.3, -0.25) is 0 Å². The number of hydrogen-bond donors (Lipinski definition) is 0. The first-order chi connectivity index (χ1) is 6.60. The molecule has 0 saturated carbocycles. The zero-order chi connectivity index (χ0) is 10.7. The maximum absolute atomic E-state index is 12.5. The molecule has 0 N–H and O–H groups in total. The van der Waals surface area contributed by atoms with Crippen molar-refractivity contribution in [2.75, 3.05) is 0 Å². The fourth-order valence-corrected chi connectivity index (χ4v) is 2.03. The number of alkyl halides is 3. The molecule has 14 heavy (non-hydrogen) atoms. The van der Waals surface area contributed by atoms with Crippen molar-refractivity contribution in [1.29, 1.82) is 5.26 Å². The molecule has 0 aliphatic heterocycles. The SMILES string of the molecule is N#Cc1cc(CCl)c(C(F)F)c(I)n1. The molecule has 1 aromatic heterocycles. The summed E-state index contributed by atoms with van der Waals surface area (Å²) in [5.41, 5.74) is 0.187. The van der Waals surface area contributed by atoms with Gasteiger partial charge in [-0.15, -0.1) is 11.6 Å². The number of halogens is 4. The van der Waals surface area contributed by atoms with Crippen LogP contribution in [-0.4, -0.2) is 4.98 Å². The van der Waals surface area contributed by atoms with Gasteiger partial charge in [0, 0.05) is 5.88 Å². The highest BCUT2D eigenvalue weighted by atomic mass is 127. The van der Waals surface area contributed by atoms with Crippen LogP contribution in [-0.2, 0) is 5.88 Å². The molecule has 0 unspecified atom stereocenters. The predicted molar refractivity (Wildman–Crippen MR) is 56.2 cm³/mol. The normalized spacial score (nSPS) is 10.3. The molecule has 0 amide bonds. The minimum absolute atomic E-state index is 0.0487. The summed E-state index contributed by atoms with van der Waals surface area (Å²) in [5, 5.41) is 8.57. The average molecular weight is 328 g/mol. The molecular weight excluding hydrogens is 324 g/mol. The van der Waals surface area contributed by atoms with E-state index in [0.717, 1.165) is 0 Å². The van der Waals surface area contributed by atoms with E-state index in [1.54, 1.807) is 28.7 Å². The van der Waals surface area contributed by atoms with Gasteiger partial charge in [0.25, 0.3) is 6.43 Å². The van der Waals surface area contributed by atoms with Crippen molar-refractivity contribution in [2.45, 2.75) is 12.3 Å². The highest BCUT2D eigenvalue weighted by molar-refractivity contribution is 14.1. The van der Waals surface area contributed by atoms with Crippen molar-refractivity contribution in [3.8, 4) is 6.07 Å². The molecule has 0 bridgehead atoms. The van der Waals surface area contributed by atoms with E-state index in [1.165, 1.54) is 6.07 Å². The number of aromatic nitrogens is 1. The monoisotopic (exact) mass is 328 g/mol. The van der Waals surface area contributed by atoms with Crippen LogP contribution in [0, 0.1) is 15.0 Å². The van der Waals surface area contributed by atoms with E-state index in [1.807, 2.05) is 0 Å². The van der Waals surface area contributed by atoms with Gasteiger partial charge in [-0.25, -0.2) is 13.8 Å². The summed E-state index contributed by atoms with van der Waals surface area (Å²) < 4.78 is 25.2. The lowest BCUT2D eigenvalue weighted by Crippen LogP contribution is -2.01. The van der Waals surface area contributed by atoms with Crippen LogP contribution >= 0.6 is 34.2 Å². The molecule has 2 nitrogen and oxygen atoms in total. The zero-order valence-corrected chi connectivity index (χ0v) is 9.68. The fourth-order valence-electron chi connectivity index (χ4n) is 0.972. The van der Waals surface area contributed by atoms with Gasteiger partial charge in [0.05, 0.1) is 5.56 Å². The van der Waals surface area contributed by atoms with Crippen LogP contribution in [0.15, 0.2) is 6.07 Å². The molecule has 0 saturated heterocycles. The van der Waals surface area contributed by atoms with Gasteiger partial charge in [-0.05, 0) is 34.2 Å². The average Bonchev–Trinajstić information content (AvgIpc) is 2.15. The summed E-state index contributed by atoms with van der Waals surface area (Å²) >= 11 is 7.18. The lowest BCUT2D eigenvalue weighted by Gasteiger charge is -2.07. The fraction of sp³-hybridized carbons (Fsp3) is 0.250. The van der Waals surface area contributed by atoms with Crippen molar-refractivity contribution >= 4 is 34.2 Å². The maximum atomic E-state index is 12.5. The number of pyridine rings is 1. The Balaban J connectivity index is 3.36. The Bertz CT molecular complexity index is 390. The second-order valence-electron chi connectivity index (χ2n) is 2.42. The molecule has 74 valence electrons. The van der Waals surface area contributed by atoms with Crippen LogP contribution in [0.3, 0.4) is 0 Å². The van der Waals surface area contributed by atoms with Crippen molar-refractivity contribution in [2.24, 2.45) is 0 Å². The van der Waals surface area contributed by atoms with Crippen molar-refractivity contribution in [3.63, 3.8) is 0 Å². The van der Waals surface area contributed by atoms with Gasteiger partial charge in [-0.2, -0.15) is 5.26 Å². The van der Waals surface area contributed by atoms with E-state index < -0.39 is 6.43 Å². The maximum Gasteiger partial charge on any atom is 0.266 e. The van der Waals surface area contributed by atoms with Gasteiger partial charge in [-0.1, -0.05) is 0 Å². The van der Waals surface area contributed by atoms with Crippen LogP contribution < -0.4 is 0 Å². The lowest BCUT2D eigenvalue weighted by atomic mass is 10.1. The van der Waals surface area contributed by atoms with Gasteiger partial charge < -0.3 is 0 Å². The Kier molecular flexibility index (Phi) is 4.01. The third-order valence-electron chi connectivity index (χ3n) is 1.57. The predicted octanol–water partition coefficient (Wildman–Crippen LogP) is 3.23. The lowest BCUT2D eigenvalue weighted by molar-refractivity contribution is 0.149. The van der Waals surface area contributed by atoms with E-state index in [2.05, 4.69) is 4.98 Å². The first-order valence-corrected chi connectivity index (χ1v) is 5.15. The summed E-state index contributed by atoms with van der Waals surface area (Å²) in [6.07, 6.45) is -2.61. The minimum Gasteiger partial charge on any atom is -0.231 e. The molecule has 0 radical (unpaired) electrons. The zero-order valence-electron chi connectivity index (χ0n) is 6.77. The smallest absolute Gasteiger partial charge is 0.231 e. The summed E-state index contributed by atoms with van der Waals surface area (Å²) in [4.78, 5) is 3.71. The first-order valence-electron chi connectivity index (χ1n) is 3.53. The van der Waals surface area contributed by atoms with Gasteiger partial charge in [0.2, 0.25) is 0 Å². The highest BCUT2D eigenvalue weighted by Crippen LogP contribution is 2.28. The summed E-state index contributed by atoms with van der Waals surface area (Å²) in [5.74, 6) is -0.0487. The third kappa shape index (κ3) is 2.30. The van der Waals surface area contributed by atoms with E-state index >= 15 is 0 Å². The topological polar surface area (TPSA) is 36.7 Å². The quantitative estimate of drug-likeness (QED) is 0.475. The van der Waals surface area contributed by atoms with E-state index in [0.29, 0.717) is 0 Å². The van der Waals surface area contributed by atoms with E-state index in [4.69, 9.17) is 16.9 Å². The molecular formula is C8H4ClF2IN2. The largest absolute Gasteiger partial charge is 0.266 e. The Morgan fingerprint density at radius 1 is 1.64 bits per heavy atom. The molecule has 0 aliphatic rings. The van der Waals surface area contributed by atoms with Crippen LogP contribution in [0.2, 0.25) is 0 Å². The van der Waals surface area contributed by atoms with Crippen molar-refractivity contribution < 1.29 is 8.78 Å². The summed E-state index contributed by atoms with van der Waals surface area (Å²) in [7, 11) is 0. The third-order valence-corrected chi connectivity index (χ3v) is 2.68. The Morgan fingerprint density at radius 2 is 2.29 bits per heavy atom. The molecule has 0 fully saturated rings. The van der Waals surface area contributed by atoms with Crippen LogP contribution in [0.25, 0.3) is 0 Å². The van der Waals surface area contributed by atoms with Crippen molar-refractivity contribution in [1.82, 2.24) is 4.98 Å². The second-order valence-corrected chi connectivity index (χ2v) is 3.71. The Hall–Kier alpha value is -0.480. The minimum atomic E-state index is -2.61. The molecule has 6 heteroatoms. The molecule has 0 aliphatic carbocycles. The number of hydrogen-bond acceptors (Lipinski definition) is 2. The van der Waals surface area contributed by atoms with Gasteiger partial charge in [0.1, 0.15) is 15.5 Å². The van der Waals surface area contributed by atoms with Crippen molar-refractivity contribution in [3.05, 3.63) is 26.6 Å². The molecule has 0 atom stereocenters. The summed E-state index contributed by atoms with van der Waals surface area (Å²) in [6, 6.07) is 3.08. The molecule has 1 rings (SSSR count). The standard InChI is InChI=1S/C8H4ClF2IN2/c9-2-4-1-5(3-13)14-8(12)6(4)7(10)11/h1,7H,2H2. The summed E-state index contributed by atoms with van der Waals surface area (Å²) in [6.45, 7) is 0. The Morgan fingerprint density at radius 3 is 2.71 bits per heavy atom. The molecule has 1 heterocycles. The molecule has 0 spiro atoms. The van der Waals surface area contributed by atoms with Gasteiger partial charge >= 0.3 is 0 Å². The van der Waals surface area contributed by atoms with E-state index in [-0.39, 0.29) is 26.4 Å². The number of nitriles is 1. The van der Waals surface area contributed by atoms with Gasteiger partial charge in [0.15, 0.2) is 0 Å². The number of rotatable bonds is 2. The molecule has 0 aromatic carbocycles. The number of nitrogens with zero attached hydrogens (tertiary/aromatic N) is 2. The van der Waals surface area contributed by atoms with Crippen LogP contribution in [0.1, 0.15) is 23.2 Å². The Labute approximate surface area is 98.0 Å². The second kappa shape index (κ2) is 4.84. The highest BCUT2D eigenvalue weighted by Gasteiger charge is 2.18. The first kappa shape index (κ1) is 11.6. The van der Waals surface area contributed by atoms with E-state index in [9.17, 15) is 8.78 Å². The molecule has 1 aromatic rings. The van der Waals surface area contributed by atoms with Crippen LogP contribution in [0.5, 0.6) is 0 Å². The van der Waals surface area contributed by atoms with Crippen LogP contribution in [0.4, 0.5) is 8.78 Å².